The molecular formula is C40H28N8Si. The van der Waals surface area contributed by atoms with Gasteiger partial charge in [-0.1, -0.05) is 24.3 Å². The Balaban J connectivity index is 1.35. The Morgan fingerprint density at radius 1 is 0.245 bits per heavy atom. The summed E-state index contributed by atoms with van der Waals surface area (Å²) < 4.78 is 0. The van der Waals surface area contributed by atoms with Gasteiger partial charge in [0.2, 0.25) is 0 Å². The molecule has 0 aliphatic rings. The Bertz CT molecular complexity index is 1930. The van der Waals surface area contributed by atoms with Crippen LogP contribution in [0.3, 0.4) is 0 Å². The second-order valence-electron chi connectivity index (χ2n) is 11.4. The molecule has 49 heavy (non-hydrogen) atoms. The summed E-state index contributed by atoms with van der Waals surface area (Å²) >= 11 is 0. The zero-order valence-corrected chi connectivity index (χ0v) is 27.2. The van der Waals surface area contributed by atoms with Crippen molar-refractivity contribution >= 4 is 29.3 Å². The van der Waals surface area contributed by atoms with E-state index in [1.165, 1.54) is 0 Å². The molecular weight excluding hydrogens is 621 g/mol. The largest absolute Gasteiger partial charge is 0.265 e. The molecule has 0 saturated heterocycles. The van der Waals surface area contributed by atoms with E-state index in [2.05, 4.69) is 68.5 Å². The number of hydrogen-bond donors (Lipinski definition) is 0. The number of rotatable bonds is 8. The molecule has 8 aromatic rings. The molecule has 0 aromatic carbocycles. The van der Waals surface area contributed by atoms with Gasteiger partial charge in [0.15, 0.2) is 0 Å². The minimum Gasteiger partial charge on any atom is -0.265 e. The van der Waals surface area contributed by atoms with Crippen molar-refractivity contribution in [3.63, 3.8) is 0 Å². The lowest BCUT2D eigenvalue weighted by atomic mass is 10.1. The highest BCUT2D eigenvalue weighted by Gasteiger charge is 2.47. The van der Waals surface area contributed by atoms with Gasteiger partial charge in [-0.25, -0.2) is 0 Å². The molecule has 0 atom stereocenters. The Labute approximate surface area is 284 Å². The van der Waals surface area contributed by atoms with Crippen LogP contribution in [-0.4, -0.2) is 47.9 Å². The normalized spacial score (nSPS) is 11.3. The van der Waals surface area contributed by atoms with Crippen molar-refractivity contribution in [3.05, 3.63) is 171 Å². The first-order valence-electron chi connectivity index (χ1n) is 15.8. The number of nitrogens with zero attached hydrogens (tertiary/aromatic N) is 8. The summed E-state index contributed by atoms with van der Waals surface area (Å²) in [7, 11) is -3.29. The van der Waals surface area contributed by atoms with Gasteiger partial charge < -0.3 is 0 Å². The first-order chi connectivity index (χ1) is 24.3. The second kappa shape index (κ2) is 13.3. The van der Waals surface area contributed by atoms with Gasteiger partial charge in [0.25, 0.3) is 8.07 Å². The maximum absolute atomic E-state index is 5.20. The van der Waals surface area contributed by atoms with Gasteiger partial charge in [0, 0.05) is 118 Å². The van der Waals surface area contributed by atoms with Gasteiger partial charge >= 0.3 is 0 Å². The average molecular weight is 649 g/mol. The second-order valence-corrected chi connectivity index (χ2v) is 15.0. The van der Waals surface area contributed by atoms with E-state index < -0.39 is 8.07 Å². The Hall–Kier alpha value is -6.58. The maximum Gasteiger partial charge on any atom is 0.263 e. The summed E-state index contributed by atoms with van der Waals surface area (Å²) in [6.07, 6.45) is 22.0. The zero-order chi connectivity index (χ0) is 32.9. The quantitative estimate of drug-likeness (QED) is 0.215. The van der Waals surface area contributed by atoms with Crippen LogP contribution in [0, 0.1) is 0 Å². The van der Waals surface area contributed by atoms with Crippen LogP contribution in [0.4, 0.5) is 0 Å². The van der Waals surface area contributed by atoms with Gasteiger partial charge in [0.05, 0.1) is 0 Å². The Kier molecular flexibility index (Phi) is 8.07. The molecule has 0 saturated carbocycles. The molecule has 8 nitrogen and oxygen atoms in total. The van der Waals surface area contributed by atoms with Crippen molar-refractivity contribution in [3.8, 4) is 44.5 Å². The van der Waals surface area contributed by atoms with Crippen molar-refractivity contribution in [1.82, 2.24) is 39.9 Å². The molecule has 0 radical (unpaired) electrons. The highest BCUT2D eigenvalue weighted by atomic mass is 28.3. The molecule has 0 unspecified atom stereocenters. The first-order valence-corrected chi connectivity index (χ1v) is 17.8. The summed E-state index contributed by atoms with van der Waals surface area (Å²) in [6, 6.07) is 32.8. The fourth-order valence-corrected chi connectivity index (χ4v) is 10.1. The van der Waals surface area contributed by atoms with Crippen molar-refractivity contribution in [2.24, 2.45) is 0 Å². The third-order valence-electron chi connectivity index (χ3n) is 8.65. The summed E-state index contributed by atoms with van der Waals surface area (Å²) in [4.78, 5) is 37.5. The van der Waals surface area contributed by atoms with Crippen LogP contribution in [0.1, 0.15) is 0 Å². The van der Waals surface area contributed by atoms with E-state index in [4.69, 9.17) is 19.9 Å². The topological polar surface area (TPSA) is 103 Å². The van der Waals surface area contributed by atoms with Gasteiger partial charge in [-0.2, -0.15) is 0 Å². The lowest BCUT2D eigenvalue weighted by molar-refractivity contribution is 1.28. The van der Waals surface area contributed by atoms with Crippen LogP contribution in [0.15, 0.2) is 171 Å². The average Bonchev–Trinajstić information content (AvgIpc) is 3.20. The van der Waals surface area contributed by atoms with E-state index >= 15 is 0 Å². The predicted molar refractivity (Wildman–Crippen MR) is 194 cm³/mol. The molecule has 0 fully saturated rings. The lowest BCUT2D eigenvalue weighted by Crippen LogP contribution is -2.77. The number of pyridine rings is 8. The minimum absolute atomic E-state index is 0.878. The fraction of sp³-hybridized carbons (Fsp3) is 0. The molecule has 0 N–H and O–H groups in total. The standard InChI is InChI=1S/C40H28N8Si/c1-5-37(45-25-33(1)29-9-17-41-18-10-29)49(38-6-2-34(26-46-38)30-11-19-42-20-12-30,39-7-3-35(27-47-39)31-13-21-43-22-14-31)40-8-4-36(28-48-40)32-15-23-44-24-16-32/h1-28H. The molecule has 0 aliphatic carbocycles. The van der Waals surface area contributed by atoms with Gasteiger partial charge in [-0.15, -0.1) is 0 Å². The van der Waals surface area contributed by atoms with Crippen molar-refractivity contribution in [1.29, 1.82) is 0 Å². The molecule has 8 aromatic heterocycles. The van der Waals surface area contributed by atoms with Crippen molar-refractivity contribution < 1.29 is 0 Å². The van der Waals surface area contributed by atoms with Crippen molar-refractivity contribution in [2.45, 2.75) is 0 Å². The van der Waals surface area contributed by atoms with Crippen LogP contribution in [0.5, 0.6) is 0 Å². The maximum atomic E-state index is 5.20. The zero-order valence-electron chi connectivity index (χ0n) is 26.2. The van der Waals surface area contributed by atoms with Crippen LogP contribution in [-0.2, 0) is 0 Å². The third-order valence-corrected chi connectivity index (χ3v) is 12.9. The molecule has 0 amide bonds. The highest BCUT2D eigenvalue weighted by Crippen LogP contribution is 2.21. The van der Waals surface area contributed by atoms with E-state index in [0.29, 0.717) is 0 Å². The van der Waals surface area contributed by atoms with Crippen LogP contribution in [0.25, 0.3) is 44.5 Å². The van der Waals surface area contributed by atoms with E-state index in [0.717, 1.165) is 65.8 Å². The van der Waals surface area contributed by atoms with E-state index in [9.17, 15) is 0 Å². The smallest absolute Gasteiger partial charge is 0.263 e. The van der Waals surface area contributed by atoms with E-state index in [-0.39, 0.29) is 0 Å². The molecule has 232 valence electrons. The van der Waals surface area contributed by atoms with Gasteiger partial charge in [-0.05, 0) is 95.1 Å². The number of hydrogen-bond acceptors (Lipinski definition) is 8. The SMILES string of the molecule is c1cc(-c2ccc([Si](c3ccc(-c4ccncc4)cn3)(c3ccc(-c4ccncc4)cn3)c3ccc(-c4ccncc4)cn3)nc2)ccn1. The lowest BCUT2D eigenvalue weighted by Gasteiger charge is -2.30. The molecule has 8 heterocycles. The first kappa shape index (κ1) is 29.8. The Morgan fingerprint density at radius 3 is 0.653 bits per heavy atom. The van der Waals surface area contributed by atoms with Crippen LogP contribution in [0.2, 0.25) is 0 Å². The van der Waals surface area contributed by atoms with Gasteiger partial charge in [-0.3, -0.25) is 39.9 Å². The van der Waals surface area contributed by atoms with E-state index in [1.54, 1.807) is 49.6 Å². The van der Waals surface area contributed by atoms with E-state index in [1.807, 2.05) is 73.3 Å². The summed E-state index contributed by atoms with van der Waals surface area (Å²) in [5, 5.41) is 3.51. The summed E-state index contributed by atoms with van der Waals surface area (Å²) in [5.74, 6) is 0. The van der Waals surface area contributed by atoms with Gasteiger partial charge in [0.1, 0.15) is 0 Å². The Morgan fingerprint density at radius 2 is 0.469 bits per heavy atom. The highest BCUT2D eigenvalue weighted by molar-refractivity contribution is 7.18. The van der Waals surface area contributed by atoms with Crippen LogP contribution >= 0.6 is 0 Å². The number of aromatic nitrogens is 8. The molecule has 0 aliphatic heterocycles. The van der Waals surface area contributed by atoms with Crippen molar-refractivity contribution in [2.75, 3.05) is 0 Å². The summed E-state index contributed by atoms with van der Waals surface area (Å²) in [6.45, 7) is 0. The summed E-state index contributed by atoms with van der Waals surface area (Å²) in [5.41, 5.74) is 8.16. The third kappa shape index (κ3) is 5.79. The molecule has 8 rings (SSSR count). The predicted octanol–water partition coefficient (Wildman–Crippen LogP) is 4.89. The fourth-order valence-electron chi connectivity index (χ4n) is 6.11. The molecule has 0 bridgehead atoms. The van der Waals surface area contributed by atoms with Crippen LogP contribution < -0.4 is 21.3 Å². The monoisotopic (exact) mass is 648 g/mol. The molecule has 9 heteroatoms. The molecule has 0 spiro atoms. The minimum atomic E-state index is -3.29.